The van der Waals surface area contributed by atoms with Crippen molar-refractivity contribution in [2.75, 3.05) is 0 Å². The molecule has 3 heterocycles. The number of aromatic nitrogens is 4. The predicted molar refractivity (Wildman–Crippen MR) is 72.3 cm³/mol. The number of rotatable bonds is 2. The fourth-order valence-electron chi connectivity index (χ4n) is 2.21. The summed E-state index contributed by atoms with van der Waals surface area (Å²) in [5.74, 6) is 0.224. The molecule has 0 atom stereocenters. The van der Waals surface area contributed by atoms with E-state index in [1.807, 2.05) is 6.07 Å². The minimum absolute atomic E-state index is 0.136. The summed E-state index contributed by atoms with van der Waals surface area (Å²) in [5, 5.41) is 0.837. The maximum atomic E-state index is 12.9. The lowest BCUT2D eigenvalue weighted by atomic mass is 10.2. The molecule has 21 heavy (non-hydrogen) atoms. The Kier molecular flexibility index (Phi) is 3.00. The molecule has 0 aliphatic rings. The van der Waals surface area contributed by atoms with Crippen molar-refractivity contribution in [3.63, 3.8) is 0 Å². The normalized spacial score (nSPS) is 12.5. The minimum atomic E-state index is -4.46. The molecule has 3 rings (SSSR count). The highest BCUT2D eigenvalue weighted by atomic mass is 19.4. The van der Waals surface area contributed by atoms with Crippen LogP contribution in [0.4, 0.5) is 13.2 Å². The highest BCUT2D eigenvalue weighted by Crippen LogP contribution is 2.31. The van der Waals surface area contributed by atoms with Gasteiger partial charge in [-0.1, -0.05) is 13.8 Å². The summed E-state index contributed by atoms with van der Waals surface area (Å²) in [5.41, 5.74) is 0.371. The topological polar surface area (TPSA) is 46.5 Å². The molecule has 4 nitrogen and oxygen atoms in total. The lowest BCUT2D eigenvalue weighted by Gasteiger charge is -2.09. The fraction of sp³-hybridized carbons (Fsp3) is 0.286. The monoisotopic (exact) mass is 294 g/mol. The van der Waals surface area contributed by atoms with Gasteiger partial charge in [0.25, 0.3) is 0 Å². The first-order valence-corrected chi connectivity index (χ1v) is 6.46. The second kappa shape index (κ2) is 4.61. The number of pyridine rings is 1. The van der Waals surface area contributed by atoms with Gasteiger partial charge in [0.05, 0.1) is 11.9 Å². The van der Waals surface area contributed by atoms with Crippen LogP contribution in [0.3, 0.4) is 0 Å². The molecule has 0 aromatic carbocycles. The minimum Gasteiger partial charge on any atom is -0.346 e. The number of halogens is 3. The number of nitrogens with one attached hydrogen (secondary N) is 1. The maximum absolute atomic E-state index is 12.9. The molecule has 0 saturated heterocycles. The van der Waals surface area contributed by atoms with Gasteiger partial charge < -0.3 is 9.55 Å². The number of nitrogens with zero attached hydrogens (tertiary/aromatic N) is 3. The first-order valence-electron chi connectivity index (χ1n) is 6.46. The van der Waals surface area contributed by atoms with E-state index in [-0.39, 0.29) is 5.92 Å². The van der Waals surface area contributed by atoms with Crippen molar-refractivity contribution in [2.45, 2.75) is 25.9 Å². The molecule has 110 valence electrons. The van der Waals surface area contributed by atoms with Gasteiger partial charge in [-0.05, 0) is 12.1 Å². The molecule has 0 unspecified atom stereocenters. The predicted octanol–water partition coefficient (Wildman–Crippen LogP) is 3.89. The summed E-state index contributed by atoms with van der Waals surface area (Å²) in [4.78, 5) is 10.9. The zero-order valence-electron chi connectivity index (χ0n) is 11.4. The van der Waals surface area contributed by atoms with E-state index in [0.29, 0.717) is 17.2 Å². The van der Waals surface area contributed by atoms with Crippen LogP contribution in [0.25, 0.3) is 16.7 Å². The lowest BCUT2D eigenvalue weighted by Crippen LogP contribution is -2.05. The van der Waals surface area contributed by atoms with Crippen molar-refractivity contribution in [1.29, 1.82) is 0 Å². The van der Waals surface area contributed by atoms with Gasteiger partial charge in [-0.3, -0.25) is 0 Å². The van der Waals surface area contributed by atoms with Crippen LogP contribution in [0.1, 0.15) is 31.3 Å². The number of aromatic amines is 1. The second-order valence-electron chi connectivity index (χ2n) is 5.12. The van der Waals surface area contributed by atoms with Crippen molar-refractivity contribution in [3.05, 3.63) is 42.2 Å². The third-order valence-corrected chi connectivity index (χ3v) is 3.20. The summed E-state index contributed by atoms with van der Waals surface area (Å²) in [7, 11) is 0. The molecule has 3 aromatic rings. The van der Waals surface area contributed by atoms with Crippen molar-refractivity contribution < 1.29 is 13.2 Å². The first-order chi connectivity index (χ1) is 9.86. The molecule has 0 saturated carbocycles. The molecule has 0 fully saturated rings. The Morgan fingerprint density at radius 1 is 1.29 bits per heavy atom. The van der Waals surface area contributed by atoms with E-state index in [2.05, 4.69) is 15.0 Å². The smallest absolute Gasteiger partial charge is 0.346 e. The van der Waals surface area contributed by atoms with Gasteiger partial charge in [0.1, 0.15) is 11.5 Å². The van der Waals surface area contributed by atoms with Crippen molar-refractivity contribution in [2.24, 2.45) is 0 Å². The third-order valence-electron chi connectivity index (χ3n) is 3.20. The molecular weight excluding hydrogens is 281 g/mol. The Hall–Kier alpha value is -2.31. The van der Waals surface area contributed by atoms with Crippen LogP contribution in [-0.2, 0) is 6.18 Å². The van der Waals surface area contributed by atoms with Crippen molar-refractivity contribution in [3.8, 4) is 5.69 Å². The molecule has 0 spiro atoms. The maximum Gasteiger partial charge on any atom is 0.434 e. The third kappa shape index (κ3) is 2.39. The van der Waals surface area contributed by atoms with E-state index in [9.17, 15) is 13.2 Å². The van der Waals surface area contributed by atoms with Crippen LogP contribution >= 0.6 is 0 Å². The molecular formula is C14H13F3N4. The van der Waals surface area contributed by atoms with Crippen LogP contribution < -0.4 is 0 Å². The van der Waals surface area contributed by atoms with Crippen LogP contribution in [-0.4, -0.2) is 19.5 Å². The number of fused-ring (bicyclic) bond motifs is 1. The Labute approximate surface area is 118 Å². The SMILES string of the molecule is CC(C)c1nc(C(F)(F)F)cn1-c1cnc2[nH]ccc2c1. The summed E-state index contributed by atoms with van der Waals surface area (Å²) in [6.07, 6.45) is -0.169. The lowest BCUT2D eigenvalue weighted by molar-refractivity contribution is -0.141. The van der Waals surface area contributed by atoms with Crippen LogP contribution in [0.2, 0.25) is 0 Å². The van der Waals surface area contributed by atoms with Crippen LogP contribution in [0.5, 0.6) is 0 Å². The zero-order valence-corrected chi connectivity index (χ0v) is 11.4. The fourth-order valence-corrected chi connectivity index (χ4v) is 2.21. The second-order valence-corrected chi connectivity index (χ2v) is 5.12. The summed E-state index contributed by atoms with van der Waals surface area (Å²) in [6, 6.07) is 3.61. The molecule has 3 aromatic heterocycles. The first kappa shape index (κ1) is 13.7. The van der Waals surface area contributed by atoms with Crippen LogP contribution in [0, 0.1) is 0 Å². The summed E-state index contributed by atoms with van der Waals surface area (Å²) in [6.45, 7) is 3.61. The summed E-state index contributed by atoms with van der Waals surface area (Å²) >= 11 is 0. The molecule has 0 radical (unpaired) electrons. The number of H-pyrrole nitrogens is 1. The van der Waals surface area contributed by atoms with E-state index in [4.69, 9.17) is 0 Å². The Morgan fingerprint density at radius 2 is 2.05 bits per heavy atom. The molecule has 0 bridgehead atoms. The van der Waals surface area contributed by atoms with Crippen molar-refractivity contribution in [1.82, 2.24) is 19.5 Å². The quantitative estimate of drug-likeness (QED) is 0.779. The average molecular weight is 294 g/mol. The largest absolute Gasteiger partial charge is 0.434 e. The number of imidazole rings is 1. The van der Waals surface area contributed by atoms with E-state index in [1.165, 1.54) is 10.8 Å². The van der Waals surface area contributed by atoms with Gasteiger partial charge in [0.15, 0.2) is 5.69 Å². The standard InChI is InChI=1S/C14H13F3N4/c1-8(2)13-20-11(14(15,16)17)7-21(13)10-5-9-3-4-18-12(9)19-6-10/h3-8H,1-2H3,(H,18,19). The zero-order chi connectivity index (χ0) is 15.2. The van der Waals surface area contributed by atoms with Gasteiger partial charge in [-0.15, -0.1) is 0 Å². The molecule has 0 amide bonds. The molecule has 0 aliphatic heterocycles. The van der Waals surface area contributed by atoms with Crippen LogP contribution in [0.15, 0.2) is 30.7 Å². The number of hydrogen-bond donors (Lipinski definition) is 1. The van der Waals surface area contributed by atoms with Gasteiger partial charge in [-0.2, -0.15) is 13.2 Å². The highest BCUT2D eigenvalue weighted by molar-refractivity contribution is 5.77. The van der Waals surface area contributed by atoms with E-state index in [0.717, 1.165) is 11.6 Å². The van der Waals surface area contributed by atoms with Gasteiger partial charge in [-0.25, -0.2) is 9.97 Å². The average Bonchev–Trinajstić information content (AvgIpc) is 3.03. The van der Waals surface area contributed by atoms with E-state index >= 15 is 0 Å². The Morgan fingerprint density at radius 3 is 2.71 bits per heavy atom. The summed E-state index contributed by atoms with van der Waals surface area (Å²) < 4.78 is 40.1. The Bertz CT molecular complexity index is 783. The molecule has 7 heteroatoms. The van der Waals surface area contributed by atoms with Crippen molar-refractivity contribution >= 4 is 11.0 Å². The molecule has 1 N–H and O–H groups in total. The Balaban J connectivity index is 2.17. The number of alkyl halides is 3. The molecule has 0 aliphatic carbocycles. The van der Waals surface area contributed by atoms with E-state index in [1.54, 1.807) is 26.1 Å². The van der Waals surface area contributed by atoms with E-state index < -0.39 is 11.9 Å². The van der Waals surface area contributed by atoms with Gasteiger partial charge in [0.2, 0.25) is 0 Å². The number of hydrogen-bond acceptors (Lipinski definition) is 2. The highest BCUT2D eigenvalue weighted by Gasteiger charge is 2.35. The van der Waals surface area contributed by atoms with Gasteiger partial charge >= 0.3 is 6.18 Å². The van der Waals surface area contributed by atoms with Gasteiger partial charge in [0, 0.05) is 23.7 Å².